The first-order valence-corrected chi connectivity index (χ1v) is 12.1. The van der Waals surface area contributed by atoms with Crippen LogP contribution in [0.15, 0.2) is 77.7 Å². The molecule has 0 aliphatic rings. The van der Waals surface area contributed by atoms with Crippen LogP contribution in [0.4, 0.5) is 11.4 Å². The van der Waals surface area contributed by atoms with Crippen LogP contribution in [0.5, 0.6) is 5.75 Å². The Hall–Kier alpha value is -3.69. The van der Waals surface area contributed by atoms with Gasteiger partial charge >= 0.3 is 0 Å². The summed E-state index contributed by atoms with van der Waals surface area (Å²) in [7, 11) is -2.71. The molecule has 0 unspecified atom stereocenters. The number of methoxy groups -OCH3 is 1. The van der Waals surface area contributed by atoms with Gasteiger partial charge in [-0.3, -0.25) is 9.59 Å². The summed E-state index contributed by atoms with van der Waals surface area (Å²) in [6.45, 7) is 3.16. The summed E-state index contributed by atoms with van der Waals surface area (Å²) in [5, 5.41) is 5.39. The smallest absolute Gasteiger partial charge is 0.245 e. The second-order valence-electron chi connectivity index (χ2n) is 7.77. The van der Waals surface area contributed by atoms with Crippen LogP contribution < -0.4 is 20.1 Å². The number of ether oxygens (including phenoxy) is 1. The Morgan fingerprint density at radius 2 is 1.59 bits per heavy atom. The molecule has 0 aromatic heterocycles. The van der Waals surface area contributed by atoms with Crippen molar-refractivity contribution < 1.29 is 22.7 Å². The molecule has 3 rings (SSSR count). The Balaban J connectivity index is 1.90. The van der Waals surface area contributed by atoms with Gasteiger partial charge in [0.2, 0.25) is 21.8 Å². The molecular formula is C25H27N3O5S. The van der Waals surface area contributed by atoms with Crippen LogP contribution in [0.2, 0.25) is 0 Å². The highest BCUT2D eigenvalue weighted by Gasteiger charge is 2.28. The van der Waals surface area contributed by atoms with Crippen LogP contribution >= 0.6 is 0 Å². The minimum absolute atomic E-state index is 0.0477. The van der Waals surface area contributed by atoms with Gasteiger partial charge in [-0.05, 0) is 54.8 Å². The molecule has 9 heteroatoms. The van der Waals surface area contributed by atoms with Crippen molar-refractivity contribution in [1.29, 1.82) is 0 Å². The molecule has 3 aromatic rings. The Labute approximate surface area is 199 Å². The van der Waals surface area contributed by atoms with Crippen LogP contribution in [0, 0.1) is 6.92 Å². The molecule has 0 fully saturated rings. The van der Waals surface area contributed by atoms with Crippen molar-refractivity contribution in [3.05, 3.63) is 83.9 Å². The molecule has 0 aliphatic heterocycles. The van der Waals surface area contributed by atoms with E-state index in [0.29, 0.717) is 11.4 Å². The van der Waals surface area contributed by atoms with Gasteiger partial charge in [-0.1, -0.05) is 42.5 Å². The fourth-order valence-corrected chi connectivity index (χ4v) is 4.84. The van der Waals surface area contributed by atoms with Crippen molar-refractivity contribution in [2.45, 2.75) is 31.2 Å². The van der Waals surface area contributed by atoms with Gasteiger partial charge in [0.05, 0.1) is 7.11 Å². The second kappa shape index (κ2) is 11.0. The lowest BCUT2D eigenvalue weighted by molar-refractivity contribution is -0.117. The first-order valence-electron chi connectivity index (χ1n) is 10.6. The molecule has 0 saturated heterocycles. The predicted octanol–water partition coefficient (Wildman–Crippen LogP) is 3.49. The van der Waals surface area contributed by atoms with Crippen molar-refractivity contribution in [2.75, 3.05) is 17.7 Å². The van der Waals surface area contributed by atoms with E-state index in [9.17, 15) is 18.0 Å². The predicted molar refractivity (Wildman–Crippen MR) is 131 cm³/mol. The van der Waals surface area contributed by atoms with Crippen molar-refractivity contribution >= 4 is 33.2 Å². The third kappa shape index (κ3) is 6.66. The van der Waals surface area contributed by atoms with E-state index in [-0.39, 0.29) is 23.0 Å². The summed E-state index contributed by atoms with van der Waals surface area (Å²) in [5.74, 6) is -0.607. The maximum absolute atomic E-state index is 13.3. The number of hydrogen-bond donors (Lipinski definition) is 3. The van der Waals surface area contributed by atoms with E-state index in [2.05, 4.69) is 15.4 Å². The number of benzene rings is 3. The normalized spacial score (nSPS) is 12.0. The highest BCUT2D eigenvalue weighted by Crippen LogP contribution is 2.25. The van der Waals surface area contributed by atoms with Crippen LogP contribution in [0.1, 0.15) is 18.1 Å². The molecule has 178 valence electrons. The average molecular weight is 482 g/mol. The lowest BCUT2D eigenvalue weighted by Crippen LogP contribution is -2.45. The third-order valence-electron chi connectivity index (χ3n) is 4.96. The van der Waals surface area contributed by atoms with Crippen LogP contribution in [0.3, 0.4) is 0 Å². The number of anilines is 2. The Morgan fingerprint density at radius 3 is 2.24 bits per heavy atom. The number of carbonyl (C=O) groups excluding carboxylic acids is 2. The summed E-state index contributed by atoms with van der Waals surface area (Å²) >= 11 is 0. The molecule has 8 nitrogen and oxygen atoms in total. The Bertz CT molecular complexity index is 1280. The highest BCUT2D eigenvalue weighted by molar-refractivity contribution is 7.89. The minimum atomic E-state index is -4.10. The van der Waals surface area contributed by atoms with Gasteiger partial charge in [0, 0.05) is 18.3 Å². The van der Waals surface area contributed by atoms with Crippen LogP contribution in [0.25, 0.3) is 0 Å². The molecule has 0 spiro atoms. The lowest BCUT2D eigenvalue weighted by Gasteiger charge is -2.20. The van der Waals surface area contributed by atoms with Crippen molar-refractivity contribution in [1.82, 2.24) is 4.72 Å². The molecule has 0 saturated carbocycles. The third-order valence-corrected chi connectivity index (χ3v) is 6.45. The molecule has 0 heterocycles. The van der Waals surface area contributed by atoms with Gasteiger partial charge in [0.15, 0.2) is 0 Å². The number of aryl methyl sites for hydroxylation is 1. The number of nitrogens with one attached hydrogen (secondary N) is 3. The van der Waals surface area contributed by atoms with Crippen molar-refractivity contribution in [2.24, 2.45) is 0 Å². The van der Waals surface area contributed by atoms with E-state index in [1.165, 1.54) is 20.1 Å². The fraction of sp³-hybridized carbons (Fsp3) is 0.200. The molecular weight excluding hydrogens is 454 g/mol. The highest BCUT2D eigenvalue weighted by atomic mass is 32.2. The fourth-order valence-electron chi connectivity index (χ4n) is 3.39. The molecule has 34 heavy (non-hydrogen) atoms. The molecule has 0 aliphatic carbocycles. The summed E-state index contributed by atoms with van der Waals surface area (Å²) < 4.78 is 34.3. The minimum Gasteiger partial charge on any atom is -0.495 e. The molecule has 2 amide bonds. The van der Waals surface area contributed by atoms with Gasteiger partial charge in [0.25, 0.3) is 0 Å². The average Bonchev–Trinajstić information content (AvgIpc) is 2.79. The van der Waals surface area contributed by atoms with E-state index in [1.807, 2.05) is 30.3 Å². The summed E-state index contributed by atoms with van der Waals surface area (Å²) in [5.41, 5.74) is 2.45. The summed E-state index contributed by atoms with van der Waals surface area (Å²) in [6, 6.07) is 19.4. The summed E-state index contributed by atoms with van der Waals surface area (Å²) in [4.78, 5) is 24.5. The maximum atomic E-state index is 13.3. The molecule has 3 N–H and O–H groups in total. The first-order chi connectivity index (χ1) is 16.2. The molecule has 1 atom stereocenters. The van der Waals surface area contributed by atoms with Gasteiger partial charge in [-0.25, -0.2) is 8.42 Å². The zero-order chi connectivity index (χ0) is 24.7. The SMILES string of the molecule is COc1ccc(C)cc1S(=O)(=O)N[C@@H](Cc1ccccc1)C(=O)Nc1cccc(NC(C)=O)c1. The van der Waals surface area contributed by atoms with E-state index in [4.69, 9.17) is 4.74 Å². The van der Waals surface area contributed by atoms with Crippen molar-refractivity contribution in [3.63, 3.8) is 0 Å². The van der Waals surface area contributed by atoms with Crippen LogP contribution in [-0.4, -0.2) is 33.4 Å². The number of sulfonamides is 1. The van der Waals surface area contributed by atoms with Gasteiger partial charge in [0.1, 0.15) is 16.7 Å². The quantitative estimate of drug-likeness (QED) is 0.433. The Morgan fingerprint density at radius 1 is 0.912 bits per heavy atom. The van der Waals surface area contributed by atoms with Gasteiger partial charge < -0.3 is 15.4 Å². The maximum Gasteiger partial charge on any atom is 0.245 e. The topological polar surface area (TPSA) is 114 Å². The Kier molecular flexibility index (Phi) is 8.04. The largest absolute Gasteiger partial charge is 0.495 e. The lowest BCUT2D eigenvalue weighted by atomic mass is 10.1. The monoisotopic (exact) mass is 481 g/mol. The number of amides is 2. The standard InChI is InChI=1S/C25H27N3O5S/c1-17-12-13-23(33-3)24(14-17)34(31,32)28-22(15-19-8-5-4-6-9-19)25(30)27-21-11-7-10-20(16-21)26-18(2)29/h4-14,16,22,28H,15H2,1-3H3,(H,26,29)(H,27,30)/t22-/m0/s1. The number of rotatable bonds is 9. The van der Waals surface area contributed by atoms with E-state index >= 15 is 0 Å². The zero-order valence-electron chi connectivity index (χ0n) is 19.2. The summed E-state index contributed by atoms with van der Waals surface area (Å²) in [6.07, 6.45) is 0.130. The van der Waals surface area contributed by atoms with Crippen LogP contribution in [-0.2, 0) is 26.0 Å². The molecule has 3 aromatic carbocycles. The van der Waals surface area contributed by atoms with E-state index in [0.717, 1.165) is 11.1 Å². The van der Waals surface area contributed by atoms with Gasteiger partial charge in [-0.15, -0.1) is 0 Å². The zero-order valence-corrected chi connectivity index (χ0v) is 20.0. The van der Waals surface area contributed by atoms with E-state index in [1.54, 1.807) is 43.3 Å². The number of hydrogen-bond acceptors (Lipinski definition) is 5. The second-order valence-corrected chi connectivity index (χ2v) is 9.45. The first kappa shape index (κ1) is 24.9. The molecule has 0 radical (unpaired) electrons. The van der Waals surface area contributed by atoms with Crippen molar-refractivity contribution in [3.8, 4) is 5.75 Å². The molecule has 0 bridgehead atoms. The van der Waals surface area contributed by atoms with E-state index < -0.39 is 22.0 Å². The number of carbonyl (C=O) groups is 2. The van der Waals surface area contributed by atoms with Gasteiger partial charge in [-0.2, -0.15) is 4.72 Å².